The zero-order valence-electron chi connectivity index (χ0n) is 24.6. The van der Waals surface area contributed by atoms with Gasteiger partial charge in [0.15, 0.2) is 0 Å². The van der Waals surface area contributed by atoms with Crippen LogP contribution in [0.25, 0.3) is 76.5 Å². The van der Waals surface area contributed by atoms with Gasteiger partial charge in [-0.05, 0) is 83.4 Å². The van der Waals surface area contributed by atoms with E-state index in [9.17, 15) is 0 Å². The minimum Gasteiger partial charge on any atom is -0.455 e. The van der Waals surface area contributed by atoms with Gasteiger partial charge in [-0.2, -0.15) is 0 Å². The van der Waals surface area contributed by atoms with Crippen LogP contribution >= 0.6 is 0 Å². The summed E-state index contributed by atoms with van der Waals surface area (Å²) in [5.74, 6) is 1.88. The monoisotopic (exact) mass is 560 g/mol. The van der Waals surface area contributed by atoms with Crippen molar-refractivity contribution in [2.24, 2.45) is 0 Å². The predicted molar refractivity (Wildman–Crippen MR) is 185 cm³/mol. The lowest BCUT2D eigenvalue weighted by Gasteiger charge is -2.26. The van der Waals surface area contributed by atoms with Gasteiger partial charge in [0.2, 0.25) is 0 Å². The van der Waals surface area contributed by atoms with Gasteiger partial charge in [-0.25, -0.2) is 0 Å². The van der Waals surface area contributed by atoms with Gasteiger partial charge in [0, 0.05) is 21.8 Å². The molecule has 8 aromatic rings. The van der Waals surface area contributed by atoms with E-state index in [0.29, 0.717) is 0 Å². The van der Waals surface area contributed by atoms with Crippen molar-refractivity contribution < 1.29 is 4.74 Å². The maximum atomic E-state index is 6.85. The summed E-state index contributed by atoms with van der Waals surface area (Å²) in [6.45, 7) is 4.74. The summed E-state index contributed by atoms with van der Waals surface area (Å²) in [6, 6.07) is 49.0. The molecule has 0 spiro atoms. The second kappa shape index (κ2) is 8.36. The molecule has 206 valence electrons. The van der Waals surface area contributed by atoms with E-state index in [1.165, 1.54) is 82.2 Å². The number of fused-ring (bicyclic) bond motifs is 12. The first-order chi connectivity index (χ1) is 21.6. The summed E-state index contributed by atoms with van der Waals surface area (Å²) in [6.07, 6.45) is 0. The summed E-state index contributed by atoms with van der Waals surface area (Å²) in [5, 5.41) is 9.91. The van der Waals surface area contributed by atoms with Gasteiger partial charge >= 0.3 is 0 Å². The van der Waals surface area contributed by atoms with Crippen LogP contribution in [0.3, 0.4) is 0 Å². The Morgan fingerprint density at radius 2 is 1.14 bits per heavy atom. The molecular weight excluding hydrogens is 532 g/mol. The van der Waals surface area contributed by atoms with Crippen molar-refractivity contribution in [2.45, 2.75) is 19.3 Å². The van der Waals surface area contributed by atoms with Gasteiger partial charge in [0.1, 0.15) is 11.5 Å². The highest BCUT2D eigenvalue weighted by Crippen LogP contribution is 2.55. The smallest absolute Gasteiger partial charge is 0.143 e. The normalized spacial score (nSPS) is 14.0. The van der Waals surface area contributed by atoms with E-state index in [2.05, 4.69) is 147 Å². The van der Waals surface area contributed by atoms with E-state index in [0.717, 1.165) is 16.9 Å². The lowest BCUT2D eigenvalue weighted by atomic mass is 9.81. The second-order valence-electron chi connectivity index (χ2n) is 12.8. The molecular formula is C43H28O. The highest BCUT2D eigenvalue weighted by molar-refractivity contribution is 6.22. The number of ether oxygens (including phenoxy) is 1. The molecule has 1 heterocycles. The van der Waals surface area contributed by atoms with Gasteiger partial charge in [-0.3, -0.25) is 0 Å². The van der Waals surface area contributed by atoms with E-state index in [1.54, 1.807) is 0 Å². The Balaban J connectivity index is 1.22. The van der Waals surface area contributed by atoms with E-state index >= 15 is 0 Å². The lowest BCUT2D eigenvalue weighted by molar-refractivity contribution is 0.493. The largest absolute Gasteiger partial charge is 0.455 e. The van der Waals surface area contributed by atoms with Crippen LogP contribution in [0.4, 0.5) is 0 Å². The molecule has 10 rings (SSSR count). The van der Waals surface area contributed by atoms with Crippen molar-refractivity contribution in [3.05, 3.63) is 145 Å². The molecule has 1 nitrogen and oxygen atoms in total. The number of hydrogen-bond donors (Lipinski definition) is 0. The first-order valence-corrected chi connectivity index (χ1v) is 15.4. The van der Waals surface area contributed by atoms with E-state index in [-0.39, 0.29) is 5.41 Å². The third-order valence-corrected chi connectivity index (χ3v) is 10.2. The van der Waals surface area contributed by atoms with Crippen LogP contribution in [0.5, 0.6) is 11.5 Å². The molecule has 0 radical (unpaired) electrons. The summed E-state index contributed by atoms with van der Waals surface area (Å²) < 4.78 is 6.85. The van der Waals surface area contributed by atoms with Crippen molar-refractivity contribution >= 4 is 43.1 Å². The van der Waals surface area contributed by atoms with E-state index in [1.807, 2.05) is 0 Å². The predicted octanol–water partition coefficient (Wildman–Crippen LogP) is 12.0. The van der Waals surface area contributed by atoms with E-state index in [4.69, 9.17) is 4.74 Å². The van der Waals surface area contributed by atoms with Crippen LogP contribution in [0.15, 0.2) is 133 Å². The molecule has 1 aliphatic heterocycles. The van der Waals surface area contributed by atoms with Crippen molar-refractivity contribution in [3.63, 3.8) is 0 Å². The zero-order chi connectivity index (χ0) is 29.2. The van der Waals surface area contributed by atoms with Crippen molar-refractivity contribution in [3.8, 4) is 44.9 Å². The topological polar surface area (TPSA) is 9.23 Å². The van der Waals surface area contributed by atoms with E-state index < -0.39 is 0 Å². The first kappa shape index (κ1) is 24.1. The molecule has 0 amide bonds. The fraction of sp³-hybridized carbons (Fsp3) is 0.0698. The Bertz CT molecular complexity index is 2550. The van der Waals surface area contributed by atoms with Crippen LogP contribution < -0.4 is 4.74 Å². The highest BCUT2D eigenvalue weighted by Gasteiger charge is 2.37. The summed E-state index contributed by atoms with van der Waals surface area (Å²) in [7, 11) is 0. The molecule has 0 N–H and O–H groups in total. The minimum absolute atomic E-state index is 0.0843. The molecule has 0 aromatic heterocycles. The maximum absolute atomic E-state index is 6.85. The van der Waals surface area contributed by atoms with Crippen molar-refractivity contribution in [1.29, 1.82) is 0 Å². The molecule has 8 aromatic carbocycles. The minimum atomic E-state index is -0.0843. The lowest BCUT2D eigenvalue weighted by Crippen LogP contribution is -2.15. The third kappa shape index (κ3) is 2.99. The first-order valence-electron chi connectivity index (χ1n) is 15.4. The van der Waals surface area contributed by atoms with Crippen molar-refractivity contribution in [2.75, 3.05) is 0 Å². The Kier molecular flexibility index (Phi) is 4.58. The Morgan fingerprint density at radius 3 is 1.98 bits per heavy atom. The molecule has 44 heavy (non-hydrogen) atoms. The van der Waals surface area contributed by atoms with Crippen LogP contribution in [0.2, 0.25) is 0 Å². The van der Waals surface area contributed by atoms with Crippen LogP contribution in [0.1, 0.15) is 25.0 Å². The Hall–Kier alpha value is -5.40. The summed E-state index contributed by atoms with van der Waals surface area (Å²) >= 11 is 0. The van der Waals surface area contributed by atoms with Gasteiger partial charge in [-0.1, -0.05) is 135 Å². The Labute approximate surface area is 256 Å². The average Bonchev–Trinajstić information content (AvgIpc) is 3.31. The molecule has 0 fully saturated rings. The van der Waals surface area contributed by atoms with Crippen LogP contribution in [-0.2, 0) is 5.41 Å². The zero-order valence-corrected chi connectivity index (χ0v) is 24.6. The standard InChI is InChI=1S/C43H28O/c1-43(2)36-22-19-25-10-3-4-11-28(25)39(36)34-20-18-26(24-37(34)43)27-21-23-38-40-31(27)16-9-17-35(40)41-32-14-7-5-12-29(32)30-13-6-8-15-33(30)42(41)44-38/h3-24H,1-2H3. The molecule has 0 saturated carbocycles. The van der Waals surface area contributed by atoms with Gasteiger partial charge in [0.25, 0.3) is 0 Å². The van der Waals surface area contributed by atoms with Crippen LogP contribution in [-0.4, -0.2) is 0 Å². The molecule has 2 aliphatic rings. The van der Waals surface area contributed by atoms with Crippen molar-refractivity contribution in [1.82, 2.24) is 0 Å². The molecule has 0 saturated heterocycles. The maximum Gasteiger partial charge on any atom is 0.143 e. The number of benzene rings is 8. The summed E-state index contributed by atoms with van der Waals surface area (Å²) in [4.78, 5) is 0. The average molecular weight is 561 g/mol. The SMILES string of the molecule is CC1(C)c2cc(-c3ccc4c5c(cccc35)-c3c(c5ccccc5c5ccccc35)O4)ccc2-c2c1ccc1ccccc21. The molecule has 1 heteroatoms. The highest BCUT2D eigenvalue weighted by atomic mass is 16.5. The fourth-order valence-electron chi connectivity index (χ4n) is 8.19. The number of hydrogen-bond acceptors (Lipinski definition) is 1. The Morgan fingerprint density at radius 1 is 0.455 bits per heavy atom. The summed E-state index contributed by atoms with van der Waals surface area (Å²) in [5.41, 5.74) is 10.4. The fourth-order valence-corrected chi connectivity index (χ4v) is 8.19. The van der Waals surface area contributed by atoms with Gasteiger partial charge in [-0.15, -0.1) is 0 Å². The molecule has 0 bridgehead atoms. The molecule has 0 atom stereocenters. The van der Waals surface area contributed by atoms with Crippen LogP contribution in [0, 0.1) is 0 Å². The quantitative estimate of drug-likeness (QED) is 0.181. The van der Waals surface area contributed by atoms with Gasteiger partial charge < -0.3 is 4.74 Å². The molecule has 0 unspecified atom stereocenters. The number of rotatable bonds is 1. The molecule has 1 aliphatic carbocycles. The third-order valence-electron chi connectivity index (χ3n) is 10.2. The second-order valence-corrected chi connectivity index (χ2v) is 12.8. The van der Waals surface area contributed by atoms with Gasteiger partial charge in [0.05, 0.1) is 0 Å².